The minimum Gasteiger partial charge on any atom is -0.465 e. The molecule has 0 atom stereocenters. The largest absolute Gasteiger partial charge is 0.465 e. The fraction of sp³-hybridized carbons (Fsp3) is 0.938. The zero-order valence-corrected chi connectivity index (χ0v) is 13.9. The third-order valence-corrected chi connectivity index (χ3v) is 4.52. The van der Waals surface area contributed by atoms with Crippen molar-refractivity contribution in [2.45, 2.75) is 52.0 Å². The average molecular weight is 284 g/mol. The molecule has 0 bridgehead atoms. The highest BCUT2D eigenvalue weighted by molar-refractivity contribution is 5.81. The van der Waals surface area contributed by atoms with Crippen LogP contribution in [-0.2, 0) is 9.53 Å². The average Bonchev–Trinajstić information content (AvgIpc) is 2.39. The second kappa shape index (κ2) is 7.99. The van der Waals surface area contributed by atoms with Gasteiger partial charge in [0, 0.05) is 13.1 Å². The molecule has 1 rings (SSSR count). The normalized spacial score (nSPS) is 27.1. The maximum absolute atomic E-state index is 12.4. The van der Waals surface area contributed by atoms with Gasteiger partial charge in [0.1, 0.15) is 5.54 Å². The van der Waals surface area contributed by atoms with Crippen molar-refractivity contribution in [3.8, 4) is 0 Å². The van der Waals surface area contributed by atoms with Gasteiger partial charge in [-0.05, 0) is 58.5 Å². The van der Waals surface area contributed by atoms with E-state index in [2.05, 4.69) is 24.1 Å². The Morgan fingerprint density at radius 2 is 1.95 bits per heavy atom. The molecule has 0 amide bonds. The minimum absolute atomic E-state index is 0.0547. The second-order valence-electron chi connectivity index (χ2n) is 6.61. The Morgan fingerprint density at radius 1 is 1.35 bits per heavy atom. The fourth-order valence-electron chi connectivity index (χ4n) is 3.04. The van der Waals surface area contributed by atoms with E-state index in [1.165, 1.54) is 0 Å². The van der Waals surface area contributed by atoms with Gasteiger partial charge in [0.2, 0.25) is 0 Å². The van der Waals surface area contributed by atoms with Crippen molar-refractivity contribution in [2.24, 2.45) is 11.8 Å². The van der Waals surface area contributed by atoms with E-state index in [1.807, 2.05) is 21.0 Å². The quantitative estimate of drug-likeness (QED) is 0.728. The van der Waals surface area contributed by atoms with Crippen LogP contribution in [0.3, 0.4) is 0 Å². The Hall–Kier alpha value is -0.610. The second-order valence-corrected chi connectivity index (χ2v) is 6.61. The molecule has 1 saturated carbocycles. The van der Waals surface area contributed by atoms with Gasteiger partial charge in [-0.2, -0.15) is 0 Å². The summed E-state index contributed by atoms with van der Waals surface area (Å²) in [7, 11) is 4.10. The van der Waals surface area contributed by atoms with Crippen LogP contribution in [0.4, 0.5) is 0 Å². The Balaban J connectivity index is 2.64. The Kier molecular flexibility index (Phi) is 6.96. The van der Waals surface area contributed by atoms with E-state index in [0.717, 1.165) is 44.7 Å². The van der Waals surface area contributed by atoms with Crippen molar-refractivity contribution in [2.75, 3.05) is 33.8 Å². The van der Waals surface area contributed by atoms with Gasteiger partial charge in [0.25, 0.3) is 0 Å². The molecule has 0 radical (unpaired) electrons. The maximum atomic E-state index is 12.4. The Bertz CT molecular complexity index is 289. The van der Waals surface area contributed by atoms with E-state index in [4.69, 9.17) is 4.74 Å². The zero-order chi connectivity index (χ0) is 15.2. The molecular weight excluding hydrogens is 252 g/mol. The summed E-state index contributed by atoms with van der Waals surface area (Å²) < 4.78 is 5.32. The number of hydrogen-bond acceptors (Lipinski definition) is 4. The van der Waals surface area contributed by atoms with Crippen LogP contribution in [0, 0.1) is 11.8 Å². The van der Waals surface area contributed by atoms with Crippen molar-refractivity contribution >= 4 is 5.97 Å². The topological polar surface area (TPSA) is 41.6 Å². The molecule has 1 fully saturated rings. The van der Waals surface area contributed by atoms with Crippen LogP contribution in [0.5, 0.6) is 0 Å². The summed E-state index contributed by atoms with van der Waals surface area (Å²) in [6, 6.07) is 0. The molecule has 0 aliphatic heterocycles. The van der Waals surface area contributed by atoms with E-state index in [0.29, 0.717) is 12.5 Å². The van der Waals surface area contributed by atoms with E-state index in [-0.39, 0.29) is 5.97 Å². The van der Waals surface area contributed by atoms with Crippen LogP contribution in [0.1, 0.15) is 46.5 Å². The first kappa shape index (κ1) is 17.4. The molecule has 20 heavy (non-hydrogen) atoms. The standard InChI is InChI=1S/C16H32N2O2/c1-6-20-15(19)16(17-11-12-18(4)5)9-7-14(8-10-16)13(2)3/h13-14,17H,6-12H2,1-5H3. The molecule has 0 saturated heterocycles. The van der Waals surface area contributed by atoms with Crippen LogP contribution < -0.4 is 5.32 Å². The molecule has 0 aromatic heterocycles. The van der Waals surface area contributed by atoms with Crippen molar-refractivity contribution in [3.63, 3.8) is 0 Å². The number of rotatable bonds is 7. The smallest absolute Gasteiger partial charge is 0.326 e. The summed E-state index contributed by atoms with van der Waals surface area (Å²) >= 11 is 0. The van der Waals surface area contributed by atoms with Crippen molar-refractivity contribution < 1.29 is 9.53 Å². The van der Waals surface area contributed by atoms with Crippen molar-refractivity contribution in [1.82, 2.24) is 10.2 Å². The lowest BCUT2D eigenvalue weighted by Gasteiger charge is -2.40. The number of nitrogens with one attached hydrogen (secondary N) is 1. The Morgan fingerprint density at radius 3 is 2.40 bits per heavy atom. The van der Waals surface area contributed by atoms with E-state index in [1.54, 1.807) is 0 Å². The number of ether oxygens (including phenoxy) is 1. The highest BCUT2D eigenvalue weighted by Crippen LogP contribution is 2.36. The van der Waals surface area contributed by atoms with Crippen LogP contribution in [0.25, 0.3) is 0 Å². The lowest BCUT2D eigenvalue weighted by molar-refractivity contribution is -0.153. The van der Waals surface area contributed by atoms with Crippen LogP contribution in [0.15, 0.2) is 0 Å². The minimum atomic E-state index is -0.447. The fourth-order valence-corrected chi connectivity index (χ4v) is 3.04. The van der Waals surface area contributed by atoms with Crippen LogP contribution in [-0.4, -0.2) is 50.2 Å². The molecule has 118 valence electrons. The molecule has 0 spiro atoms. The number of nitrogens with zero attached hydrogens (tertiary/aromatic N) is 1. The summed E-state index contributed by atoms with van der Waals surface area (Å²) in [5, 5.41) is 3.49. The summed E-state index contributed by atoms with van der Waals surface area (Å²) in [5.41, 5.74) is -0.447. The van der Waals surface area contributed by atoms with Crippen LogP contribution in [0.2, 0.25) is 0 Å². The van der Waals surface area contributed by atoms with Gasteiger partial charge >= 0.3 is 5.97 Å². The molecule has 1 aliphatic carbocycles. The van der Waals surface area contributed by atoms with Gasteiger partial charge in [-0.15, -0.1) is 0 Å². The first-order valence-electron chi connectivity index (χ1n) is 7.98. The number of hydrogen-bond donors (Lipinski definition) is 1. The predicted molar refractivity (Wildman–Crippen MR) is 82.7 cm³/mol. The lowest BCUT2D eigenvalue weighted by Crippen LogP contribution is -2.56. The van der Waals surface area contributed by atoms with Gasteiger partial charge in [0.15, 0.2) is 0 Å². The molecule has 0 unspecified atom stereocenters. The monoisotopic (exact) mass is 284 g/mol. The number of likely N-dealkylation sites (N-methyl/N-ethyl adjacent to an activating group) is 1. The van der Waals surface area contributed by atoms with Crippen molar-refractivity contribution in [3.05, 3.63) is 0 Å². The van der Waals surface area contributed by atoms with Gasteiger partial charge in [-0.1, -0.05) is 13.8 Å². The molecule has 0 aromatic rings. The lowest BCUT2D eigenvalue weighted by atomic mass is 9.72. The molecular formula is C16H32N2O2. The third-order valence-electron chi connectivity index (χ3n) is 4.52. The molecule has 1 N–H and O–H groups in total. The number of carbonyl (C=O) groups is 1. The SMILES string of the molecule is CCOC(=O)C1(NCCN(C)C)CCC(C(C)C)CC1. The van der Waals surface area contributed by atoms with Gasteiger partial charge in [-0.25, -0.2) is 0 Å². The third kappa shape index (κ3) is 4.74. The molecule has 0 aromatic carbocycles. The van der Waals surface area contributed by atoms with Gasteiger partial charge in [-0.3, -0.25) is 4.79 Å². The first-order chi connectivity index (χ1) is 9.41. The van der Waals surface area contributed by atoms with Crippen LogP contribution >= 0.6 is 0 Å². The zero-order valence-electron chi connectivity index (χ0n) is 13.9. The van der Waals surface area contributed by atoms with E-state index in [9.17, 15) is 4.79 Å². The summed E-state index contributed by atoms with van der Waals surface area (Å²) in [6.45, 7) is 8.67. The molecule has 4 heteroatoms. The van der Waals surface area contributed by atoms with E-state index < -0.39 is 5.54 Å². The molecule has 0 heterocycles. The molecule has 1 aliphatic rings. The van der Waals surface area contributed by atoms with Gasteiger partial charge < -0.3 is 15.0 Å². The molecule has 4 nitrogen and oxygen atoms in total. The maximum Gasteiger partial charge on any atom is 0.326 e. The number of carbonyl (C=O) groups excluding carboxylic acids is 1. The van der Waals surface area contributed by atoms with Crippen molar-refractivity contribution in [1.29, 1.82) is 0 Å². The number of esters is 1. The summed E-state index contributed by atoms with van der Waals surface area (Å²) in [5.74, 6) is 1.39. The highest BCUT2D eigenvalue weighted by atomic mass is 16.5. The first-order valence-corrected chi connectivity index (χ1v) is 7.98. The summed E-state index contributed by atoms with van der Waals surface area (Å²) in [4.78, 5) is 14.5. The highest BCUT2D eigenvalue weighted by Gasteiger charge is 2.42. The van der Waals surface area contributed by atoms with Gasteiger partial charge in [0.05, 0.1) is 6.61 Å². The predicted octanol–water partition coefficient (Wildman–Crippen LogP) is 2.29. The Labute approximate surface area is 124 Å². The van der Waals surface area contributed by atoms with E-state index >= 15 is 0 Å². The summed E-state index contributed by atoms with van der Waals surface area (Å²) in [6.07, 6.45) is 4.04.